The molecule has 2 atom stereocenters. The Morgan fingerprint density at radius 2 is 1.45 bits per heavy atom. The Morgan fingerprint density at radius 1 is 0.845 bits per heavy atom. The van der Waals surface area contributed by atoms with E-state index in [0.717, 1.165) is 60.7 Å². The molecule has 5 aromatic rings. The average Bonchev–Trinajstić information content (AvgIpc) is 1.44. The number of nitrogens with zero attached hydrogens (tertiary/aromatic N) is 4. The summed E-state index contributed by atoms with van der Waals surface area (Å²) in [4.78, 5) is 92.2. The minimum atomic E-state index is -1.17. The van der Waals surface area contributed by atoms with E-state index in [1.54, 1.807) is 78.5 Å². The van der Waals surface area contributed by atoms with Gasteiger partial charge in [0.15, 0.2) is 22.3 Å². The van der Waals surface area contributed by atoms with Gasteiger partial charge in [-0.3, -0.25) is 24.6 Å². The third kappa shape index (κ3) is 15.9. The van der Waals surface area contributed by atoms with Crippen molar-refractivity contribution >= 4 is 89.3 Å². The number of benzene rings is 4. The zero-order chi connectivity index (χ0) is 60.0. The normalized spacial score (nSPS) is 16.4. The van der Waals surface area contributed by atoms with Gasteiger partial charge in [0.25, 0.3) is 17.7 Å². The van der Waals surface area contributed by atoms with E-state index in [1.807, 2.05) is 48.5 Å². The lowest BCUT2D eigenvalue weighted by molar-refractivity contribution is -0.911. The number of rotatable bonds is 25. The molecule has 0 bridgehead atoms. The predicted octanol–water partition coefficient (Wildman–Crippen LogP) is 7.63. The first-order valence-electron chi connectivity index (χ1n) is 26.4. The standard InChI is InChI=1S/C58H61BClN7O15S2/c1-58(2,3)81-57(73)64-56-62-43(34-84-56)47(65-80-28-23-45(68)82-59)52(70)63-48-53(71)66-49(55(72)79-32-37-13-19-41(76-6)20-14-37)38(33-83-54(48)66)29-67(25-7-8-26-67)27-24-61-51(69)42-21-22-44(77-30-35-9-15-39(74-4)16-10-35)50(46(42)60)78-31-36-11-17-40(75-5)18-12-36/h9-23,28,34,48,54H,7-8,24-27,29-33H2,1-6H3,(H2-,61,62,63,64,69,70,73)/p+1/b28-23+,65-47-/t48-,54-/m1/s1. The Balaban J connectivity index is 1.00. The first kappa shape index (κ1) is 61.8. The van der Waals surface area contributed by atoms with Gasteiger partial charge in [-0.05, 0) is 86.0 Å². The lowest BCUT2D eigenvalue weighted by Gasteiger charge is -2.50. The Labute approximate surface area is 499 Å². The van der Waals surface area contributed by atoms with E-state index in [2.05, 4.69) is 30.7 Å². The van der Waals surface area contributed by atoms with Gasteiger partial charge in [0.05, 0.1) is 64.2 Å². The van der Waals surface area contributed by atoms with Crippen molar-refractivity contribution in [1.82, 2.24) is 20.5 Å². The van der Waals surface area contributed by atoms with Crippen LogP contribution in [0.15, 0.2) is 119 Å². The van der Waals surface area contributed by atoms with E-state index < -0.39 is 58.5 Å². The van der Waals surface area contributed by atoms with Crippen LogP contribution in [0.4, 0.5) is 9.93 Å². The zero-order valence-corrected chi connectivity index (χ0v) is 49.3. The number of quaternary nitrogens is 1. The number of methoxy groups -OCH3 is 3. The lowest BCUT2D eigenvalue weighted by atomic mass is 10.0. The molecule has 4 amide bonds. The zero-order valence-electron chi connectivity index (χ0n) is 46.9. The first-order valence-corrected chi connectivity index (χ1v) is 28.7. The highest BCUT2D eigenvalue weighted by Gasteiger charge is 2.55. The van der Waals surface area contributed by atoms with Gasteiger partial charge < -0.3 is 57.8 Å². The van der Waals surface area contributed by atoms with Crippen LogP contribution in [0.3, 0.4) is 0 Å². The minimum Gasteiger partial charge on any atom is -0.540 e. The molecule has 3 aliphatic rings. The number of ether oxygens (including phenoxy) is 7. The highest BCUT2D eigenvalue weighted by molar-refractivity contribution is 8.00. The highest BCUT2D eigenvalue weighted by Crippen LogP contribution is 2.43. The number of likely N-dealkylation sites (tertiary alicyclic amines) is 1. The molecule has 2 saturated heterocycles. The van der Waals surface area contributed by atoms with Crippen LogP contribution in [0.2, 0.25) is 5.02 Å². The molecule has 3 N–H and O–H groups in total. The average molecular weight is 1210 g/mol. The second-order valence-electron chi connectivity index (χ2n) is 20.3. The van der Waals surface area contributed by atoms with Crippen LogP contribution in [-0.2, 0) is 58.0 Å². The fraction of sp³-hybridized carbons (Fsp3) is 0.345. The molecule has 84 heavy (non-hydrogen) atoms. The highest BCUT2D eigenvalue weighted by atomic mass is 35.5. The molecule has 440 valence electrons. The predicted molar refractivity (Wildman–Crippen MR) is 313 cm³/mol. The van der Waals surface area contributed by atoms with E-state index in [0.29, 0.717) is 51.7 Å². The van der Waals surface area contributed by atoms with Crippen LogP contribution < -0.4 is 39.6 Å². The quantitative estimate of drug-likeness (QED) is 0.00742. The van der Waals surface area contributed by atoms with Gasteiger partial charge in [-0.2, -0.15) is 0 Å². The number of thiazole rings is 1. The molecule has 22 nitrogen and oxygen atoms in total. The summed E-state index contributed by atoms with van der Waals surface area (Å²) in [5, 5.41) is 12.9. The molecule has 0 aliphatic carbocycles. The summed E-state index contributed by atoms with van der Waals surface area (Å²) in [5.41, 5.74) is 1.95. The van der Waals surface area contributed by atoms with Gasteiger partial charge in [0.2, 0.25) is 0 Å². The van der Waals surface area contributed by atoms with Crippen LogP contribution in [0, 0.1) is 0 Å². The number of hydrogen-bond acceptors (Lipinski definition) is 19. The van der Waals surface area contributed by atoms with Crippen molar-refractivity contribution in [2.75, 3.05) is 65.1 Å². The van der Waals surface area contributed by atoms with Gasteiger partial charge >= 0.3 is 26.1 Å². The largest absolute Gasteiger partial charge is 0.540 e. The number of aromatic nitrogens is 1. The van der Waals surface area contributed by atoms with Crippen LogP contribution in [0.25, 0.3) is 0 Å². The van der Waals surface area contributed by atoms with Crippen molar-refractivity contribution in [3.8, 4) is 28.7 Å². The van der Waals surface area contributed by atoms with Crippen molar-refractivity contribution in [2.24, 2.45) is 5.16 Å². The van der Waals surface area contributed by atoms with E-state index in [1.165, 1.54) is 22.0 Å². The fourth-order valence-electron chi connectivity index (χ4n) is 9.28. The maximum absolute atomic E-state index is 14.5. The van der Waals surface area contributed by atoms with Gasteiger partial charge in [0.1, 0.15) is 78.3 Å². The van der Waals surface area contributed by atoms with Gasteiger partial charge in [-0.25, -0.2) is 19.4 Å². The maximum Gasteiger partial charge on any atom is 0.413 e. The van der Waals surface area contributed by atoms with E-state index in [9.17, 15) is 28.8 Å². The number of carbonyl (C=O) groups is 6. The second-order valence-corrected chi connectivity index (χ2v) is 22.7. The van der Waals surface area contributed by atoms with Crippen LogP contribution in [-0.4, -0.2) is 141 Å². The molecule has 4 heterocycles. The molecular weight excluding hydrogens is 1150 g/mol. The van der Waals surface area contributed by atoms with Crippen molar-refractivity contribution in [3.05, 3.63) is 147 Å². The first-order chi connectivity index (χ1) is 40.4. The van der Waals surface area contributed by atoms with Crippen LogP contribution >= 0.6 is 34.7 Å². The van der Waals surface area contributed by atoms with Crippen molar-refractivity contribution in [1.29, 1.82) is 0 Å². The molecule has 4 aromatic carbocycles. The van der Waals surface area contributed by atoms with E-state index >= 15 is 0 Å². The lowest BCUT2D eigenvalue weighted by Crippen LogP contribution is -2.71. The number of oxime groups is 1. The third-order valence-electron chi connectivity index (χ3n) is 13.5. The Kier molecular flexibility index (Phi) is 20.9. The number of halogens is 1. The number of β-lactam (4-membered cyclic amide) rings is 1. The van der Waals surface area contributed by atoms with Crippen LogP contribution in [0.1, 0.15) is 66.4 Å². The van der Waals surface area contributed by atoms with Gasteiger partial charge in [-0.1, -0.05) is 53.2 Å². The van der Waals surface area contributed by atoms with Crippen molar-refractivity contribution in [3.63, 3.8) is 0 Å². The summed E-state index contributed by atoms with van der Waals surface area (Å²) < 4.78 is 44.3. The number of nitrogens with one attached hydrogen (secondary N) is 3. The summed E-state index contributed by atoms with van der Waals surface area (Å²) in [5.74, 6) is -0.859. The summed E-state index contributed by atoms with van der Waals surface area (Å²) in [6.45, 7) is 7.72. The molecule has 8 rings (SSSR count). The molecule has 26 heteroatoms. The van der Waals surface area contributed by atoms with Crippen molar-refractivity contribution in [2.45, 2.75) is 70.5 Å². The number of carbonyl (C=O) groups excluding carboxylic acids is 6. The maximum atomic E-state index is 14.5. The molecule has 2 radical (unpaired) electrons. The number of thioether (sulfide) groups is 1. The van der Waals surface area contributed by atoms with E-state index in [4.69, 9.17) is 57.6 Å². The van der Waals surface area contributed by atoms with Gasteiger partial charge in [0, 0.05) is 29.5 Å². The number of amides is 4. The molecule has 0 unspecified atom stereocenters. The molecule has 0 saturated carbocycles. The van der Waals surface area contributed by atoms with E-state index in [-0.39, 0.29) is 65.0 Å². The monoisotopic (exact) mass is 1210 g/mol. The summed E-state index contributed by atoms with van der Waals surface area (Å²) in [6.07, 6.45) is 2.58. The Bertz CT molecular complexity index is 3290. The fourth-order valence-corrected chi connectivity index (χ4v) is 11.6. The van der Waals surface area contributed by atoms with Crippen molar-refractivity contribution < 1.29 is 75.9 Å². The summed E-state index contributed by atoms with van der Waals surface area (Å²) >= 11 is 9.36. The number of esters is 1. The Hall–Kier alpha value is -8.26. The topological polar surface area (TPSA) is 250 Å². The molecule has 0 spiro atoms. The second kappa shape index (κ2) is 28.3. The Morgan fingerprint density at radius 3 is 2.05 bits per heavy atom. The summed E-state index contributed by atoms with van der Waals surface area (Å²) in [6, 6.07) is 23.9. The smallest absolute Gasteiger partial charge is 0.413 e. The van der Waals surface area contributed by atoms with Crippen LogP contribution in [0.5, 0.6) is 28.7 Å². The molecular formula is C58H62BClN7O15S2+. The van der Waals surface area contributed by atoms with Gasteiger partial charge in [-0.15, -0.1) is 23.1 Å². The minimum absolute atomic E-state index is 0.0516. The number of hydrogen-bond donors (Lipinski definition) is 3. The SMILES string of the molecule is [B]OC(=O)/C=C/O/N=C(\C(=O)N[C@@H]1C(=O)N2C(C(=O)OCc3ccc(OC)cc3)=C(C[N+]3(CCNC(=O)c4ccc(OCc5ccc(OC)cc5)c(OCc5ccc(OC)cc5)c4Cl)CCCC3)CS[C@H]12)c1csc(NC(=O)OC(C)(C)C)n1. The number of anilines is 1. The molecule has 1 aromatic heterocycles. The number of fused-ring (bicyclic) bond motifs is 1. The summed E-state index contributed by atoms with van der Waals surface area (Å²) in [7, 11) is 9.63. The molecule has 2 fully saturated rings. The molecule has 3 aliphatic heterocycles. The third-order valence-corrected chi connectivity index (χ3v) is 15.9.